The smallest absolute Gasteiger partial charge is 0.164 e. The molecule has 206 valence electrons. The molecule has 5 heteroatoms. The van der Waals surface area contributed by atoms with Crippen LogP contribution in [0.2, 0.25) is 0 Å². The van der Waals surface area contributed by atoms with Crippen LogP contribution < -0.4 is 0 Å². The molecule has 6 aromatic carbocycles. The van der Waals surface area contributed by atoms with Crippen molar-refractivity contribution in [1.29, 1.82) is 0 Å². The van der Waals surface area contributed by atoms with Gasteiger partial charge in [-0.05, 0) is 47.5 Å². The van der Waals surface area contributed by atoms with Crippen molar-refractivity contribution >= 4 is 43.9 Å². The molecular formula is C39H23N3O2. The molecule has 0 bridgehead atoms. The van der Waals surface area contributed by atoms with E-state index in [0.29, 0.717) is 17.5 Å². The second kappa shape index (κ2) is 9.75. The Kier molecular flexibility index (Phi) is 5.43. The van der Waals surface area contributed by atoms with Gasteiger partial charge in [0, 0.05) is 38.2 Å². The highest BCUT2D eigenvalue weighted by Crippen LogP contribution is 2.39. The highest BCUT2D eigenvalue weighted by atomic mass is 16.3. The number of nitrogens with zero attached hydrogens (tertiary/aromatic N) is 3. The third-order valence-corrected chi connectivity index (χ3v) is 8.15. The van der Waals surface area contributed by atoms with Gasteiger partial charge in [-0.2, -0.15) is 0 Å². The minimum absolute atomic E-state index is 0.604. The van der Waals surface area contributed by atoms with E-state index in [1.54, 1.807) is 0 Å². The summed E-state index contributed by atoms with van der Waals surface area (Å²) in [5.41, 5.74) is 8.31. The number of hydrogen-bond acceptors (Lipinski definition) is 5. The van der Waals surface area contributed by atoms with Gasteiger partial charge < -0.3 is 8.83 Å². The van der Waals surface area contributed by atoms with Crippen molar-refractivity contribution in [2.24, 2.45) is 0 Å². The van der Waals surface area contributed by atoms with Crippen LogP contribution in [0.25, 0.3) is 89.2 Å². The molecule has 0 fully saturated rings. The standard InChI is InChI=1S/C39H23N3O2/c1-3-10-24(11-4-1)37-40-38(25-12-5-2-6-13-25)42-39(41-37)30-15-9-17-34-36(30)29-20-18-27(23-35(29)44-34)26-19-21-33-31(22-26)28-14-7-8-16-32(28)43-33/h1-23H. The van der Waals surface area contributed by atoms with Crippen molar-refractivity contribution in [3.05, 3.63) is 140 Å². The predicted molar refractivity (Wildman–Crippen MR) is 176 cm³/mol. The van der Waals surface area contributed by atoms with Crippen molar-refractivity contribution in [3.8, 4) is 45.3 Å². The monoisotopic (exact) mass is 565 g/mol. The number of aromatic nitrogens is 3. The Morgan fingerprint density at radius 2 is 0.932 bits per heavy atom. The molecule has 0 saturated heterocycles. The van der Waals surface area contributed by atoms with Crippen LogP contribution in [0.4, 0.5) is 0 Å². The lowest BCUT2D eigenvalue weighted by Gasteiger charge is -2.09. The number of benzene rings is 6. The van der Waals surface area contributed by atoms with Crippen molar-refractivity contribution in [1.82, 2.24) is 15.0 Å². The molecule has 44 heavy (non-hydrogen) atoms. The maximum atomic E-state index is 6.46. The first kappa shape index (κ1) is 24.5. The zero-order valence-electron chi connectivity index (χ0n) is 23.4. The molecule has 0 saturated carbocycles. The van der Waals surface area contributed by atoms with E-state index in [1.165, 1.54) is 0 Å². The largest absolute Gasteiger partial charge is 0.456 e. The summed E-state index contributed by atoms with van der Waals surface area (Å²) < 4.78 is 12.5. The first-order chi connectivity index (χ1) is 21.8. The maximum absolute atomic E-state index is 6.46. The first-order valence-corrected chi connectivity index (χ1v) is 14.5. The van der Waals surface area contributed by atoms with Gasteiger partial charge in [0.05, 0.1) is 0 Å². The zero-order chi connectivity index (χ0) is 29.0. The van der Waals surface area contributed by atoms with Crippen LogP contribution in [-0.2, 0) is 0 Å². The van der Waals surface area contributed by atoms with Crippen LogP contribution in [0.3, 0.4) is 0 Å². The number of furan rings is 2. The van der Waals surface area contributed by atoms with Gasteiger partial charge in [0.1, 0.15) is 22.3 Å². The minimum Gasteiger partial charge on any atom is -0.456 e. The molecule has 9 rings (SSSR count). The molecule has 0 N–H and O–H groups in total. The van der Waals surface area contributed by atoms with Crippen LogP contribution in [0.5, 0.6) is 0 Å². The number of hydrogen-bond donors (Lipinski definition) is 0. The second-order valence-corrected chi connectivity index (χ2v) is 10.8. The molecule has 9 aromatic rings. The summed E-state index contributed by atoms with van der Waals surface area (Å²) in [5, 5.41) is 4.20. The van der Waals surface area contributed by atoms with Gasteiger partial charge in [0.2, 0.25) is 0 Å². The summed E-state index contributed by atoms with van der Waals surface area (Å²) in [7, 11) is 0. The molecule has 0 unspecified atom stereocenters. The van der Waals surface area contributed by atoms with E-state index in [0.717, 1.165) is 71.7 Å². The molecule has 0 amide bonds. The van der Waals surface area contributed by atoms with Crippen molar-refractivity contribution in [2.45, 2.75) is 0 Å². The normalized spacial score (nSPS) is 11.6. The van der Waals surface area contributed by atoms with Gasteiger partial charge in [0.25, 0.3) is 0 Å². The van der Waals surface area contributed by atoms with E-state index >= 15 is 0 Å². The third-order valence-electron chi connectivity index (χ3n) is 8.15. The molecule has 3 aromatic heterocycles. The van der Waals surface area contributed by atoms with Crippen LogP contribution in [-0.4, -0.2) is 15.0 Å². The molecule has 0 aliphatic heterocycles. The van der Waals surface area contributed by atoms with E-state index in [-0.39, 0.29) is 0 Å². The minimum atomic E-state index is 0.604. The summed E-state index contributed by atoms with van der Waals surface area (Å²) in [6.45, 7) is 0. The van der Waals surface area contributed by atoms with E-state index in [9.17, 15) is 0 Å². The Bertz CT molecular complexity index is 2440. The summed E-state index contributed by atoms with van der Waals surface area (Å²) in [4.78, 5) is 14.8. The Balaban J connectivity index is 1.21. The fourth-order valence-electron chi connectivity index (χ4n) is 6.03. The zero-order valence-corrected chi connectivity index (χ0v) is 23.4. The van der Waals surface area contributed by atoms with Crippen LogP contribution >= 0.6 is 0 Å². The van der Waals surface area contributed by atoms with Crippen LogP contribution in [0, 0.1) is 0 Å². The van der Waals surface area contributed by atoms with Crippen molar-refractivity contribution in [3.63, 3.8) is 0 Å². The number of fused-ring (bicyclic) bond motifs is 6. The molecule has 0 aliphatic rings. The topological polar surface area (TPSA) is 65.0 Å². The highest BCUT2D eigenvalue weighted by molar-refractivity contribution is 6.13. The Morgan fingerprint density at radius 1 is 0.341 bits per heavy atom. The van der Waals surface area contributed by atoms with Crippen LogP contribution in [0.1, 0.15) is 0 Å². The van der Waals surface area contributed by atoms with Gasteiger partial charge >= 0.3 is 0 Å². The Labute approximate surface area is 252 Å². The van der Waals surface area contributed by atoms with Gasteiger partial charge in [-0.15, -0.1) is 0 Å². The summed E-state index contributed by atoms with van der Waals surface area (Å²) >= 11 is 0. The highest BCUT2D eigenvalue weighted by Gasteiger charge is 2.18. The van der Waals surface area contributed by atoms with Gasteiger partial charge in [-0.25, -0.2) is 15.0 Å². The predicted octanol–water partition coefficient (Wildman–Crippen LogP) is 10.3. The number of para-hydroxylation sites is 1. The summed E-state index contributed by atoms with van der Waals surface area (Å²) in [6, 6.07) is 47.0. The molecular weight excluding hydrogens is 542 g/mol. The van der Waals surface area contributed by atoms with E-state index < -0.39 is 0 Å². The first-order valence-electron chi connectivity index (χ1n) is 14.5. The maximum Gasteiger partial charge on any atom is 0.164 e. The van der Waals surface area contributed by atoms with Crippen LogP contribution in [0.15, 0.2) is 148 Å². The van der Waals surface area contributed by atoms with Gasteiger partial charge in [-0.1, -0.05) is 103 Å². The molecule has 0 aliphatic carbocycles. The molecule has 5 nitrogen and oxygen atoms in total. The lowest BCUT2D eigenvalue weighted by atomic mass is 10.00. The lowest BCUT2D eigenvalue weighted by Crippen LogP contribution is -2.00. The number of rotatable bonds is 4. The van der Waals surface area contributed by atoms with Crippen molar-refractivity contribution in [2.75, 3.05) is 0 Å². The average Bonchev–Trinajstić information content (AvgIpc) is 3.66. The Hall–Kier alpha value is -6.07. The van der Waals surface area contributed by atoms with E-state index in [4.69, 9.17) is 23.8 Å². The lowest BCUT2D eigenvalue weighted by molar-refractivity contribution is 0.669. The molecule has 0 spiro atoms. The van der Waals surface area contributed by atoms with Gasteiger partial charge in [0.15, 0.2) is 17.5 Å². The Morgan fingerprint density at radius 3 is 1.70 bits per heavy atom. The van der Waals surface area contributed by atoms with E-state index in [1.807, 2.05) is 97.1 Å². The SMILES string of the molecule is c1ccc(-c2nc(-c3ccccc3)nc(-c3cccc4oc5cc(-c6ccc7oc8ccccc8c7c6)ccc5c34)n2)cc1. The summed E-state index contributed by atoms with van der Waals surface area (Å²) in [5.74, 6) is 1.86. The summed E-state index contributed by atoms with van der Waals surface area (Å²) in [6.07, 6.45) is 0. The third kappa shape index (κ3) is 3.98. The molecule has 0 radical (unpaired) electrons. The van der Waals surface area contributed by atoms with Gasteiger partial charge in [-0.3, -0.25) is 0 Å². The van der Waals surface area contributed by atoms with Crippen molar-refractivity contribution < 1.29 is 8.83 Å². The fraction of sp³-hybridized carbons (Fsp3) is 0. The molecule has 3 heterocycles. The second-order valence-electron chi connectivity index (χ2n) is 10.8. The average molecular weight is 566 g/mol. The van der Waals surface area contributed by atoms with E-state index in [2.05, 4.69) is 42.5 Å². The quantitative estimate of drug-likeness (QED) is 0.212. The molecule has 0 atom stereocenters. The fourth-order valence-corrected chi connectivity index (χ4v) is 6.03.